The zero-order valence-corrected chi connectivity index (χ0v) is 9.71. The summed E-state index contributed by atoms with van der Waals surface area (Å²) < 4.78 is 5.38. The number of methoxy groups -OCH3 is 1. The Morgan fingerprint density at radius 1 is 1.47 bits per heavy atom. The van der Waals surface area contributed by atoms with E-state index in [0.29, 0.717) is 12.1 Å². The minimum Gasteiger partial charge on any atom is -0.381 e. The first-order valence-electron chi connectivity index (χ1n) is 6.02. The van der Waals surface area contributed by atoms with E-state index in [1.807, 2.05) is 0 Å². The fourth-order valence-electron chi connectivity index (χ4n) is 3.30. The Balaban J connectivity index is 2.04. The zero-order valence-electron chi connectivity index (χ0n) is 9.71. The van der Waals surface area contributed by atoms with E-state index >= 15 is 0 Å². The normalized spacial score (nSPS) is 40.8. The predicted molar refractivity (Wildman–Crippen MR) is 58.5 cm³/mol. The number of rotatable bonds is 2. The van der Waals surface area contributed by atoms with Gasteiger partial charge in [0.15, 0.2) is 0 Å². The molecule has 0 aromatic carbocycles. The third kappa shape index (κ3) is 1.89. The number of hydrogen-bond acceptors (Lipinski definition) is 2. The molecule has 1 aliphatic carbocycles. The van der Waals surface area contributed by atoms with Crippen LogP contribution in [0.15, 0.2) is 0 Å². The van der Waals surface area contributed by atoms with Gasteiger partial charge in [-0.2, -0.15) is 0 Å². The fraction of sp³-hybridized carbons (Fsp3) is 0.917. The summed E-state index contributed by atoms with van der Waals surface area (Å²) in [6.45, 7) is 2.17. The van der Waals surface area contributed by atoms with Crippen molar-refractivity contribution >= 4 is 5.91 Å². The van der Waals surface area contributed by atoms with E-state index in [9.17, 15) is 4.79 Å². The lowest BCUT2D eigenvalue weighted by Crippen LogP contribution is -2.40. The van der Waals surface area contributed by atoms with Crippen LogP contribution in [0.25, 0.3) is 0 Å². The van der Waals surface area contributed by atoms with Crippen LogP contribution in [0, 0.1) is 5.41 Å². The zero-order chi connectivity index (χ0) is 10.9. The van der Waals surface area contributed by atoms with Gasteiger partial charge in [-0.15, -0.1) is 0 Å². The first kappa shape index (κ1) is 10.9. The highest BCUT2D eigenvalue weighted by Crippen LogP contribution is 2.46. The van der Waals surface area contributed by atoms with Gasteiger partial charge in [0.25, 0.3) is 0 Å². The van der Waals surface area contributed by atoms with Crippen LogP contribution in [0.1, 0.15) is 45.4 Å². The van der Waals surface area contributed by atoms with Crippen LogP contribution < -0.4 is 5.32 Å². The van der Waals surface area contributed by atoms with Gasteiger partial charge in [-0.1, -0.05) is 6.92 Å². The molecular weight excluding hydrogens is 190 g/mol. The van der Waals surface area contributed by atoms with Crippen molar-refractivity contribution in [3.63, 3.8) is 0 Å². The number of carbonyl (C=O) groups is 1. The molecule has 0 radical (unpaired) electrons. The summed E-state index contributed by atoms with van der Waals surface area (Å²) in [5.74, 6) is 0.248. The summed E-state index contributed by atoms with van der Waals surface area (Å²) in [5.41, 5.74) is 0.251. The SMILES string of the molecule is CCC1NC(=O)CC12CCC(OC)CC2. The third-order valence-corrected chi connectivity index (χ3v) is 4.26. The van der Waals surface area contributed by atoms with Crippen molar-refractivity contribution in [3.05, 3.63) is 0 Å². The molecule has 0 aromatic heterocycles. The molecule has 1 N–H and O–H groups in total. The van der Waals surface area contributed by atoms with E-state index in [1.165, 1.54) is 0 Å². The molecule has 1 atom stereocenters. The van der Waals surface area contributed by atoms with E-state index in [2.05, 4.69) is 12.2 Å². The minimum atomic E-state index is 0.248. The lowest BCUT2D eigenvalue weighted by atomic mass is 9.68. The van der Waals surface area contributed by atoms with Crippen LogP contribution in [0.5, 0.6) is 0 Å². The Morgan fingerprint density at radius 3 is 2.67 bits per heavy atom. The van der Waals surface area contributed by atoms with Crippen LogP contribution in [-0.4, -0.2) is 25.2 Å². The number of amides is 1. The highest BCUT2D eigenvalue weighted by molar-refractivity contribution is 5.80. The average molecular weight is 211 g/mol. The second-order valence-corrected chi connectivity index (χ2v) is 5.00. The molecule has 1 amide bonds. The highest BCUT2D eigenvalue weighted by Gasteiger charge is 2.47. The molecule has 3 nitrogen and oxygen atoms in total. The van der Waals surface area contributed by atoms with Crippen molar-refractivity contribution in [3.8, 4) is 0 Å². The lowest BCUT2D eigenvalue weighted by Gasteiger charge is -2.39. The molecule has 2 rings (SSSR count). The van der Waals surface area contributed by atoms with Gasteiger partial charge < -0.3 is 10.1 Å². The minimum absolute atomic E-state index is 0.248. The predicted octanol–water partition coefficient (Wildman–Crippen LogP) is 1.86. The molecule has 2 fully saturated rings. The maximum Gasteiger partial charge on any atom is 0.220 e. The lowest BCUT2D eigenvalue weighted by molar-refractivity contribution is -0.120. The van der Waals surface area contributed by atoms with Gasteiger partial charge in [-0.05, 0) is 37.5 Å². The molecule has 1 heterocycles. The molecule has 15 heavy (non-hydrogen) atoms. The molecule has 2 aliphatic rings. The molecule has 1 saturated carbocycles. The monoisotopic (exact) mass is 211 g/mol. The standard InChI is InChI=1S/C12H21NO2/c1-3-10-12(8-11(14)13-10)6-4-9(15-2)5-7-12/h9-10H,3-8H2,1-2H3,(H,13,14). The Kier molecular flexibility index (Phi) is 3.01. The summed E-state index contributed by atoms with van der Waals surface area (Å²) in [6.07, 6.45) is 6.73. The van der Waals surface area contributed by atoms with E-state index in [-0.39, 0.29) is 11.3 Å². The van der Waals surface area contributed by atoms with Gasteiger partial charge >= 0.3 is 0 Å². The molecule has 1 saturated heterocycles. The molecular formula is C12H21NO2. The number of hydrogen-bond donors (Lipinski definition) is 1. The van der Waals surface area contributed by atoms with Gasteiger partial charge in [-0.3, -0.25) is 4.79 Å². The number of carbonyl (C=O) groups excluding carboxylic acids is 1. The van der Waals surface area contributed by atoms with Gasteiger partial charge in [-0.25, -0.2) is 0 Å². The molecule has 0 bridgehead atoms. The quantitative estimate of drug-likeness (QED) is 0.757. The van der Waals surface area contributed by atoms with Gasteiger partial charge in [0.05, 0.1) is 6.10 Å². The summed E-state index contributed by atoms with van der Waals surface area (Å²) in [7, 11) is 1.79. The topological polar surface area (TPSA) is 38.3 Å². The van der Waals surface area contributed by atoms with E-state index in [1.54, 1.807) is 7.11 Å². The Hall–Kier alpha value is -0.570. The van der Waals surface area contributed by atoms with Crippen molar-refractivity contribution in [1.29, 1.82) is 0 Å². The van der Waals surface area contributed by atoms with Gasteiger partial charge in [0, 0.05) is 19.6 Å². The Labute approximate surface area is 91.6 Å². The molecule has 1 unspecified atom stereocenters. The first-order chi connectivity index (χ1) is 7.20. The number of ether oxygens (including phenoxy) is 1. The summed E-state index contributed by atoms with van der Waals surface area (Å²) in [5, 5.41) is 3.12. The van der Waals surface area contributed by atoms with Crippen LogP contribution in [-0.2, 0) is 9.53 Å². The van der Waals surface area contributed by atoms with Crippen molar-refractivity contribution in [2.45, 2.75) is 57.6 Å². The second-order valence-electron chi connectivity index (χ2n) is 5.00. The van der Waals surface area contributed by atoms with Crippen LogP contribution in [0.3, 0.4) is 0 Å². The fourth-order valence-corrected chi connectivity index (χ4v) is 3.30. The second kappa shape index (κ2) is 4.12. The number of nitrogens with one attached hydrogen (secondary N) is 1. The smallest absolute Gasteiger partial charge is 0.220 e. The molecule has 0 aromatic rings. The van der Waals surface area contributed by atoms with Crippen molar-refractivity contribution in [1.82, 2.24) is 5.32 Å². The van der Waals surface area contributed by atoms with Crippen molar-refractivity contribution < 1.29 is 9.53 Å². The average Bonchev–Trinajstić information content (AvgIpc) is 2.56. The van der Waals surface area contributed by atoms with Crippen LogP contribution in [0.2, 0.25) is 0 Å². The van der Waals surface area contributed by atoms with E-state index < -0.39 is 0 Å². The summed E-state index contributed by atoms with van der Waals surface area (Å²) >= 11 is 0. The molecule has 86 valence electrons. The first-order valence-corrected chi connectivity index (χ1v) is 6.02. The maximum atomic E-state index is 11.5. The molecule has 1 aliphatic heterocycles. The van der Waals surface area contributed by atoms with Gasteiger partial charge in [0.2, 0.25) is 5.91 Å². The molecule has 1 spiro atoms. The summed E-state index contributed by atoms with van der Waals surface area (Å²) in [6, 6.07) is 0.405. The van der Waals surface area contributed by atoms with Gasteiger partial charge in [0.1, 0.15) is 0 Å². The summed E-state index contributed by atoms with van der Waals surface area (Å²) in [4.78, 5) is 11.5. The maximum absolute atomic E-state index is 11.5. The highest BCUT2D eigenvalue weighted by atomic mass is 16.5. The van der Waals surface area contributed by atoms with Crippen LogP contribution in [0.4, 0.5) is 0 Å². The Bertz CT molecular complexity index is 244. The molecule has 3 heteroatoms. The van der Waals surface area contributed by atoms with Crippen LogP contribution >= 0.6 is 0 Å². The van der Waals surface area contributed by atoms with E-state index in [4.69, 9.17) is 4.74 Å². The largest absolute Gasteiger partial charge is 0.381 e. The Morgan fingerprint density at radius 2 is 2.13 bits per heavy atom. The van der Waals surface area contributed by atoms with Crippen molar-refractivity contribution in [2.75, 3.05) is 7.11 Å². The van der Waals surface area contributed by atoms with Crippen molar-refractivity contribution in [2.24, 2.45) is 5.41 Å². The van der Waals surface area contributed by atoms with E-state index in [0.717, 1.165) is 38.5 Å². The third-order valence-electron chi connectivity index (χ3n) is 4.26.